The van der Waals surface area contributed by atoms with Gasteiger partial charge in [0.2, 0.25) is 0 Å². The number of hydrogen-bond acceptors (Lipinski definition) is 4. The molecule has 3 aromatic carbocycles. The molecule has 1 aliphatic heterocycles. The molecule has 31 heavy (non-hydrogen) atoms. The number of nitrogens with one attached hydrogen (secondary N) is 2. The average Bonchev–Trinajstić information content (AvgIpc) is 2.81. The zero-order chi connectivity index (χ0) is 21.7. The van der Waals surface area contributed by atoms with Gasteiger partial charge in [-0.3, -0.25) is 4.79 Å². The van der Waals surface area contributed by atoms with E-state index in [4.69, 9.17) is 0 Å². The molecule has 1 aliphatic rings. The van der Waals surface area contributed by atoms with E-state index in [1.165, 1.54) is 12.1 Å². The van der Waals surface area contributed by atoms with E-state index in [-0.39, 0.29) is 11.7 Å². The molecule has 0 aromatic heterocycles. The number of nitrogens with zero attached hydrogens (tertiary/aromatic N) is 2. The van der Waals surface area contributed by atoms with E-state index in [1.807, 2.05) is 60.7 Å². The van der Waals surface area contributed by atoms with Crippen LogP contribution >= 0.6 is 0 Å². The van der Waals surface area contributed by atoms with Crippen LogP contribution in [0.25, 0.3) is 0 Å². The summed E-state index contributed by atoms with van der Waals surface area (Å²) in [6.07, 6.45) is 0. The zero-order valence-electron chi connectivity index (χ0n) is 17.6. The summed E-state index contributed by atoms with van der Waals surface area (Å²) in [5.74, 6) is -0.568. The molecule has 2 N–H and O–H groups in total. The number of anilines is 1. The molecule has 6 heteroatoms. The van der Waals surface area contributed by atoms with Gasteiger partial charge in [0.25, 0.3) is 5.91 Å². The number of amides is 1. The van der Waals surface area contributed by atoms with Gasteiger partial charge in [-0.2, -0.15) is 0 Å². The Morgan fingerprint density at radius 2 is 1.32 bits per heavy atom. The third-order valence-electron chi connectivity index (χ3n) is 5.69. The quantitative estimate of drug-likeness (QED) is 0.644. The number of hydrogen-bond donors (Lipinski definition) is 2. The summed E-state index contributed by atoms with van der Waals surface area (Å²) in [4.78, 5) is 16.2. The molecule has 0 radical (unpaired) electrons. The van der Waals surface area contributed by atoms with Gasteiger partial charge in [0, 0.05) is 31.9 Å². The molecule has 0 spiro atoms. The normalized spacial score (nSPS) is 15.5. The average molecular weight is 419 g/mol. The van der Waals surface area contributed by atoms with Gasteiger partial charge in [0.05, 0.1) is 0 Å². The van der Waals surface area contributed by atoms with E-state index in [9.17, 15) is 9.18 Å². The Hall–Kier alpha value is -3.06. The predicted octanol–water partition coefficient (Wildman–Crippen LogP) is 3.46. The van der Waals surface area contributed by atoms with Crippen molar-refractivity contribution in [1.82, 2.24) is 15.3 Å². The monoisotopic (exact) mass is 418 g/mol. The fourth-order valence-corrected chi connectivity index (χ4v) is 3.90. The first-order chi connectivity index (χ1) is 15.1. The van der Waals surface area contributed by atoms with Crippen LogP contribution in [-0.2, 0) is 10.3 Å². The number of likely N-dealkylation sites (N-methyl/N-ethyl adjacent to an activating group) is 1. The highest BCUT2D eigenvalue weighted by atomic mass is 19.1. The minimum Gasteiger partial charge on any atom is -0.324 e. The van der Waals surface area contributed by atoms with Crippen molar-refractivity contribution in [3.05, 3.63) is 102 Å². The third kappa shape index (κ3) is 4.66. The van der Waals surface area contributed by atoms with Crippen molar-refractivity contribution >= 4 is 11.6 Å². The minimum atomic E-state index is -1.15. The smallest absolute Gasteiger partial charge is 0.255 e. The maximum absolute atomic E-state index is 14.0. The first-order valence-electron chi connectivity index (χ1n) is 10.5. The molecule has 0 saturated carbocycles. The molecule has 0 aliphatic carbocycles. The molecule has 1 amide bonds. The predicted molar refractivity (Wildman–Crippen MR) is 121 cm³/mol. The lowest BCUT2D eigenvalue weighted by molar-refractivity contribution is -0.124. The van der Waals surface area contributed by atoms with Gasteiger partial charge in [-0.15, -0.1) is 0 Å². The SMILES string of the molecule is CN1CCN(NC(C(=O)Nc2ccc(F)cc2)(c2ccccc2)c2ccccc2)CC1. The fraction of sp³-hybridized carbons (Fsp3) is 0.240. The van der Waals surface area contributed by atoms with Crippen LogP contribution in [0.2, 0.25) is 0 Å². The minimum absolute atomic E-state index is 0.226. The number of halogens is 1. The Bertz CT molecular complexity index is 948. The van der Waals surface area contributed by atoms with Gasteiger partial charge in [-0.05, 0) is 42.4 Å². The van der Waals surface area contributed by atoms with Gasteiger partial charge in [0.15, 0.2) is 5.54 Å². The summed E-state index contributed by atoms with van der Waals surface area (Å²) in [6.45, 7) is 3.40. The maximum atomic E-state index is 14.0. The number of carbonyl (C=O) groups is 1. The second-order valence-corrected chi connectivity index (χ2v) is 7.85. The second-order valence-electron chi connectivity index (χ2n) is 7.85. The Morgan fingerprint density at radius 1 is 0.806 bits per heavy atom. The molecular weight excluding hydrogens is 391 g/mol. The zero-order valence-corrected chi connectivity index (χ0v) is 17.6. The molecule has 1 saturated heterocycles. The highest BCUT2D eigenvalue weighted by molar-refractivity contribution is 6.01. The van der Waals surface area contributed by atoms with E-state index in [1.54, 1.807) is 12.1 Å². The molecule has 4 rings (SSSR count). The Labute approximate surface area is 182 Å². The molecule has 0 bridgehead atoms. The van der Waals surface area contributed by atoms with Crippen LogP contribution in [0.15, 0.2) is 84.9 Å². The van der Waals surface area contributed by atoms with E-state index >= 15 is 0 Å². The van der Waals surface area contributed by atoms with E-state index in [2.05, 4.69) is 27.7 Å². The first kappa shape index (κ1) is 21.2. The van der Waals surface area contributed by atoms with Gasteiger partial charge >= 0.3 is 0 Å². The standard InChI is InChI=1S/C25H27FN4O/c1-29-16-18-30(19-17-29)28-25(20-8-4-2-5-9-20,21-10-6-3-7-11-21)24(31)27-23-14-12-22(26)13-15-23/h2-15,28H,16-19H2,1H3,(H,27,31). The molecule has 0 atom stereocenters. The van der Waals surface area contributed by atoms with Crippen LogP contribution in [0, 0.1) is 5.82 Å². The van der Waals surface area contributed by atoms with Crippen molar-refractivity contribution in [3.63, 3.8) is 0 Å². The maximum Gasteiger partial charge on any atom is 0.255 e. The lowest BCUT2D eigenvalue weighted by Gasteiger charge is -2.42. The summed E-state index contributed by atoms with van der Waals surface area (Å²) in [6, 6.07) is 25.3. The molecule has 1 fully saturated rings. The van der Waals surface area contributed by atoms with Crippen LogP contribution in [-0.4, -0.2) is 49.0 Å². The van der Waals surface area contributed by atoms with Gasteiger partial charge in [0.1, 0.15) is 5.82 Å². The number of hydrazine groups is 1. The Balaban J connectivity index is 1.78. The first-order valence-corrected chi connectivity index (χ1v) is 10.5. The number of benzene rings is 3. The van der Waals surface area contributed by atoms with Crippen molar-refractivity contribution in [2.45, 2.75) is 5.54 Å². The van der Waals surface area contributed by atoms with Crippen LogP contribution in [0.5, 0.6) is 0 Å². The van der Waals surface area contributed by atoms with Gasteiger partial charge in [-0.25, -0.2) is 14.8 Å². The fourth-order valence-electron chi connectivity index (χ4n) is 3.90. The lowest BCUT2D eigenvalue weighted by atomic mass is 9.82. The van der Waals surface area contributed by atoms with Crippen molar-refractivity contribution in [1.29, 1.82) is 0 Å². The van der Waals surface area contributed by atoms with Crippen molar-refractivity contribution < 1.29 is 9.18 Å². The number of rotatable bonds is 6. The van der Waals surface area contributed by atoms with Crippen molar-refractivity contribution in [2.75, 3.05) is 38.5 Å². The Morgan fingerprint density at radius 3 is 1.84 bits per heavy atom. The van der Waals surface area contributed by atoms with Gasteiger partial charge < -0.3 is 10.2 Å². The molecule has 160 valence electrons. The molecule has 5 nitrogen and oxygen atoms in total. The van der Waals surface area contributed by atoms with Crippen molar-refractivity contribution in [3.8, 4) is 0 Å². The third-order valence-corrected chi connectivity index (χ3v) is 5.69. The summed E-state index contributed by atoms with van der Waals surface area (Å²) in [5, 5.41) is 5.12. The van der Waals surface area contributed by atoms with Crippen LogP contribution < -0.4 is 10.7 Å². The van der Waals surface area contributed by atoms with Crippen LogP contribution in [0.3, 0.4) is 0 Å². The molecular formula is C25H27FN4O. The lowest BCUT2D eigenvalue weighted by Crippen LogP contribution is -2.62. The largest absolute Gasteiger partial charge is 0.324 e. The summed E-state index contributed by atoms with van der Waals surface area (Å²) >= 11 is 0. The second kappa shape index (κ2) is 9.39. The molecule has 1 heterocycles. The molecule has 0 unspecified atom stereocenters. The van der Waals surface area contributed by atoms with Gasteiger partial charge in [-0.1, -0.05) is 60.7 Å². The van der Waals surface area contributed by atoms with Crippen LogP contribution in [0.4, 0.5) is 10.1 Å². The highest BCUT2D eigenvalue weighted by Crippen LogP contribution is 2.32. The van der Waals surface area contributed by atoms with E-state index in [0.717, 1.165) is 37.3 Å². The summed E-state index contributed by atoms with van der Waals surface area (Å²) < 4.78 is 13.4. The number of carbonyl (C=O) groups excluding carboxylic acids is 1. The van der Waals surface area contributed by atoms with Crippen LogP contribution in [0.1, 0.15) is 11.1 Å². The summed E-state index contributed by atoms with van der Waals surface area (Å²) in [5.41, 5.74) is 4.64. The van der Waals surface area contributed by atoms with E-state index < -0.39 is 5.54 Å². The topological polar surface area (TPSA) is 47.6 Å². The van der Waals surface area contributed by atoms with Crippen molar-refractivity contribution in [2.24, 2.45) is 0 Å². The Kier molecular flexibility index (Phi) is 6.42. The van der Waals surface area contributed by atoms with E-state index in [0.29, 0.717) is 5.69 Å². The summed E-state index contributed by atoms with van der Waals surface area (Å²) in [7, 11) is 2.10. The molecule has 3 aromatic rings. The number of piperazine rings is 1. The highest BCUT2D eigenvalue weighted by Gasteiger charge is 2.43.